The van der Waals surface area contributed by atoms with Crippen LogP contribution in [0.1, 0.15) is 40.0 Å². The summed E-state index contributed by atoms with van der Waals surface area (Å²) in [6, 6.07) is 0. The Balaban J connectivity index is 1.97. The predicted octanol–water partition coefficient (Wildman–Crippen LogP) is 0.359. The van der Waals surface area contributed by atoms with Crippen LogP contribution < -0.4 is 5.43 Å². The molecule has 0 saturated carbocycles. The van der Waals surface area contributed by atoms with Gasteiger partial charge in [-0.2, -0.15) is 5.10 Å². The number of hydrogen-bond donors (Lipinski definition) is 1. The zero-order valence-corrected chi connectivity index (χ0v) is 13.5. The molecule has 7 nitrogen and oxygen atoms in total. The minimum absolute atomic E-state index is 0.115. The fourth-order valence-electron chi connectivity index (χ4n) is 2.61. The van der Waals surface area contributed by atoms with Crippen LogP contribution in [0.2, 0.25) is 0 Å². The minimum atomic E-state index is -0.406. The molecule has 2 aliphatic rings. The highest BCUT2D eigenvalue weighted by atomic mass is 16.2. The number of nitrogens with one attached hydrogen (secondary N) is 1. The molecule has 2 aliphatic heterocycles. The molecule has 0 aliphatic carbocycles. The van der Waals surface area contributed by atoms with Crippen LogP contribution in [0.25, 0.3) is 0 Å². The average molecular weight is 308 g/mol. The molecule has 7 heteroatoms. The summed E-state index contributed by atoms with van der Waals surface area (Å²) in [6.07, 6.45) is 1.44. The second-order valence-electron chi connectivity index (χ2n) is 6.78. The smallest absolute Gasteiger partial charge is 0.270 e. The highest BCUT2D eigenvalue weighted by Gasteiger charge is 2.30. The first-order valence-electron chi connectivity index (χ1n) is 7.73. The number of hydrogen-bond acceptors (Lipinski definition) is 4. The van der Waals surface area contributed by atoms with Crippen molar-refractivity contribution in [1.29, 1.82) is 0 Å². The molecule has 0 aromatic heterocycles. The number of carbonyl (C=O) groups is 3. The molecule has 1 N–H and O–H groups in total. The van der Waals surface area contributed by atoms with Crippen molar-refractivity contribution >= 4 is 23.4 Å². The highest BCUT2D eigenvalue weighted by Crippen LogP contribution is 2.19. The first-order chi connectivity index (χ1) is 10.3. The van der Waals surface area contributed by atoms with Crippen molar-refractivity contribution in [1.82, 2.24) is 15.2 Å². The van der Waals surface area contributed by atoms with E-state index < -0.39 is 5.41 Å². The Labute approximate surface area is 130 Å². The second-order valence-corrected chi connectivity index (χ2v) is 6.78. The van der Waals surface area contributed by atoms with Gasteiger partial charge in [-0.25, -0.2) is 5.43 Å². The van der Waals surface area contributed by atoms with Crippen molar-refractivity contribution in [3.63, 3.8) is 0 Å². The summed E-state index contributed by atoms with van der Waals surface area (Å²) in [5, 5.41) is 3.85. The fraction of sp³-hybridized carbons (Fsp3) is 0.733. The van der Waals surface area contributed by atoms with Gasteiger partial charge in [-0.3, -0.25) is 14.4 Å². The van der Waals surface area contributed by atoms with Crippen molar-refractivity contribution in [3.8, 4) is 0 Å². The van der Waals surface area contributed by atoms with E-state index in [2.05, 4.69) is 10.5 Å². The van der Waals surface area contributed by atoms with Gasteiger partial charge in [-0.1, -0.05) is 20.8 Å². The lowest BCUT2D eigenvalue weighted by molar-refractivity contribution is -0.139. The summed E-state index contributed by atoms with van der Waals surface area (Å²) < 4.78 is 0. The van der Waals surface area contributed by atoms with Crippen molar-refractivity contribution < 1.29 is 14.4 Å². The molecule has 22 heavy (non-hydrogen) atoms. The van der Waals surface area contributed by atoms with E-state index in [-0.39, 0.29) is 17.7 Å². The molecule has 0 spiro atoms. The van der Waals surface area contributed by atoms with Crippen LogP contribution in [0.4, 0.5) is 0 Å². The van der Waals surface area contributed by atoms with Gasteiger partial charge < -0.3 is 9.80 Å². The first-order valence-corrected chi connectivity index (χ1v) is 7.73. The summed E-state index contributed by atoms with van der Waals surface area (Å²) in [5.41, 5.74) is 2.34. The monoisotopic (exact) mass is 308 g/mol. The Hall–Kier alpha value is -1.92. The van der Waals surface area contributed by atoms with E-state index >= 15 is 0 Å². The van der Waals surface area contributed by atoms with E-state index in [9.17, 15) is 14.4 Å². The standard InChI is InChI=1S/C15H24N4O3/c1-15(2,3)14(22)19-8-4-7-18(9-10-19)13(21)11-5-6-12(20)17-16-11/h4-10H2,1-3H3,(H,17,20). The van der Waals surface area contributed by atoms with E-state index in [0.29, 0.717) is 44.7 Å². The molecule has 2 rings (SSSR count). The minimum Gasteiger partial charge on any atom is -0.340 e. The number of rotatable bonds is 1. The van der Waals surface area contributed by atoms with E-state index in [1.807, 2.05) is 25.7 Å². The van der Waals surface area contributed by atoms with Crippen molar-refractivity contribution in [2.75, 3.05) is 26.2 Å². The van der Waals surface area contributed by atoms with Crippen LogP contribution in [0, 0.1) is 5.41 Å². The third kappa shape index (κ3) is 3.84. The van der Waals surface area contributed by atoms with Crippen LogP contribution in [-0.2, 0) is 14.4 Å². The average Bonchev–Trinajstić information content (AvgIpc) is 2.71. The van der Waals surface area contributed by atoms with Crippen LogP contribution in [0.3, 0.4) is 0 Å². The molecule has 0 radical (unpaired) electrons. The van der Waals surface area contributed by atoms with Gasteiger partial charge in [-0.05, 0) is 6.42 Å². The largest absolute Gasteiger partial charge is 0.340 e. The lowest BCUT2D eigenvalue weighted by atomic mass is 9.94. The maximum Gasteiger partial charge on any atom is 0.270 e. The molecule has 1 fully saturated rings. The van der Waals surface area contributed by atoms with E-state index in [1.54, 1.807) is 4.90 Å². The van der Waals surface area contributed by atoms with E-state index in [1.165, 1.54) is 0 Å². The van der Waals surface area contributed by atoms with Gasteiger partial charge in [0.15, 0.2) is 0 Å². The van der Waals surface area contributed by atoms with Crippen molar-refractivity contribution in [3.05, 3.63) is 0 Å². The Kier molecular flexibility index (Phi) is 4.83. The van der Waals surface area contributed by atoms with Crippen LogP contribution in [-0.4, -0.2) is 59.4 Å². The summed E-state index contributed by atoms with van der Waals surface area (Å²) in [7, 11) is 0. The van der Waals surface area contributed by atoms with Gasteiger partial charge in [0.2, 0.25) is 11.8 Å². The Morgan fingerprint density at radius 3 is 2.27 bits per heavy atom. The van der Waals surface area contributed by atoms with Gasteiger partial charge in [0.1, 0.15) is 5.71 Å². The normalized spacial score (nSPS) is 20.1. The fourth-order valence-corrected chi connectivity index (χ4v) is 2.61. The van der Waals surface area contributed by atoms with Gasteiger partial charge in [0.25, 0.3) is 5.91 Å². The molecule has 2 heterocycles. The third-order valence-electron chi connectivity index (χ3n) is 3.86. The van der Waals surface area contributed by atoms with Gasteiger partial charge >= 0.3 is 0 Å². The van der Waals surface area contributed by atoms with Crippen molar-refractivity contribution in [2.24, 2.45) is 10.5 Å². The summed E-state index contributed by atoms with van der Waals surface area (Å²) in [4.78, 5) is 39.4. The lowest BCUT2D eigenvalue weighted by Crippen LogP contribution is -2.44. The molecule has 0 bridgehead atoms. The Morgan fingerprint density at radius 2 is 1.68 bits per heavy atom. The molecule has 3 amide bonds. The predicted molar refractivity (Wildman–Crippen MR) is 82.0 cm³/mol. The number of amides is 3. The highest BCUT2D eigenvalue weighted by molar-refractivity contribution is 6.39. The number of hydrazone groups is 1. The first kappa shape index (κ1) is 16.5. The number of nitrogens with zero attached hydrogens (tertiary/aromatic N) is 3. The Bertz CT molecular complexity index is 507. The topological polar surface area (TPSA) is 82.1 Å². The molecule has 0 aromatic rings. The number of carbonyl (C=O) groups excluding carboxylic acids is 3. The molecular formula is C15H24N4O3. The molecule has 1 saturated heterocycles. The van der Waals surface area contributed by atoms with Crippen LogP contribution in [0.5, 0.6) is 0 Å². The van der Waals surface area contributed by atoms with Crippen molar-refractivity contribution in [2.45, 2.75) is 40.0 Å². The SMILES string of the molecule is CC(C)(C)C(=O)N1CCCN(C(=O)C2=NNC(=O)CC2)CC1. The molecular weight excluding hydrogens is 284 g/mol. The molecule has 0 unspecified atom stereocenters. The third-order valence-corrected chi connectivity index (χ3v) is 3.86. The quantitative estimate of drug-likeness (QED) is 0.759. The molecule has 0 atom stereocenters. The maximum atomic E-state index is 12.4. The van der Waals surface area contributed by atoms with E-state index in [4.69, 9.17) is 0 Å². The Morgan fingerprint density at radius 1 is 1.05 bits per heavy atom. The summed E-state index contributed by atoms with van der Waals surface area (Å²) >= 11 is 0. The van der Waals surface area contributed by atoms with Gasteiger partial charge in [0, 0.05) is 44.4 Å². The van der Waals surface area contributed by atoms with Crippen LogP contribution >= 0.6 is 0 Å². The van der Waals surface area contributed by atoms with Gasteiger partial charge in [-0.15, -0.1) is 0 Å². The zero-order valence-electron chi connectivity index (χ0n) is 13.5. The summed E-state index contributed by atoms with van der Waals surface area (Å²) in [6.45, 7) is 8.05. The summed E-state index contributed by atoms with van der Waals surface area (Å²) in [5.74, 6) is -0.177. The molecule has 0 aromatic carbocycles. The van der Waals surface area contributed by atoms with Gasteiger partial charge in [0.05, 0.1) is 0 Å². The van der Waals surface area contributed by atoms with Crippen LogP contribution in [0.15, 0.2) is 5.10 Å². The maximum absolute atomic E-state index is 12.4. The van der Waals surface area contributed by atoms with E-state index in [0.717, 1.165) is 6.42 Å². The zero-order chi connectivity index (χ0) is 16.3. The lowest BCUT2D eigenvalue weighted by Gasteiger charge is -2.28. The molecule has 122 valence electrons. The second kappa shape index (κ2) is 6.46.